The molecule has 2 N–H and O–H groups in total. The highest BCUT2D eigenvalue weighted by Gasteiger charge is 2.22. The van der Waals surface area contributed by atoms with Gasteiger partial charge in [-0.15, -0.1) is 0 Å². The topological polar surface area (TPSA) is 43.1 Å². The van der Waals surface area contributed by atoms with E-state index < -0.39 is 0 Å². The molecule has 0 fully saturated rings. The van der Waals surface area contributed by atoms with Gasteiger partial charge in [-0.25, -0.2) is 0 Å². The lowest BCUT2D eigenvalue weighted by Crippen LogP contribution is -2.17. The van der Waals surface area contributed by atoms with Crippen LogP contribution in [0.25, 0.3) is 11.6 Å². The summed E-state index contributed by atoms with van der Waals surface area (Å²) in [6, 6.07) is 7.84. The molecule has 0 aliphatic heterocycles. The Kier molecular flexibility index (Phi) is 2.49. The largest absolute Gasteiger partial charge is 0.366 e. The van der Waals surface area contributed by atoms with Crippen LogP contribution in [-0.2, 0) is 4.79 Å². The number of benzene rings is 1. The minimum absolute atomic E-state index is 0.130. The molecule has 3 rings (SSSR count). The van der Waals surface area contributed by atoms with Gasteiger partial charge in [-0.3, -0.25) is 4.79 Å². The highest BCUT2D eigenvalue weighted by atomic mass is 16.1. The normalized spacial score (nSPS) is 20.3. The standard InChI is InChI=1S/C16H13NO/c17-16(18)15-13-7-3-1-5-11(13)9-10-12-6-2-4-8-14(12)15/h1-11H,(H2,17,18). The zero-order chi connectivity index (χ0) is 12.5. The lowest BCUT2D eigenvalue weighted by atomic mass is 9.88. The van der Waals surface area contributed by atoms with Crippen LogP contribution < -0.4 is 5.73 Å². The van der Waals surface area contributed by atoms with E-state index in [9.17, 15) is 4.79 Å². The molecule has 1 aromatic carbocycles. The van der Waals surface area contributed by atoms with Gasteiger partial charge in [0, 0.05) is 5.92 Å². The lowest BCUT2D eigenvalue weighted by Gasteiger charge is -2.15. The summed E-state index contributed by atoms with van der Waals surface area (Å²) in [5.41, 5.74) is 9.13. The fraction of sp³-hybridized carbons (Fsp3) is 0.0625. The maximum Gasteiger partial charge on any atom is 0.249 e. The van der Waals surface area contributed by atoms with Crippen molar-refractivity contribution in [2.45, 2.75) is 0 Å². The summed E-state index contributed by atoms with van der Waals surface area (Å²) < 4.78 is 0. The fourth-order valence-corrected chi connectivity index (χ4v) is 2.48. The number of hydrogen-bond acceptors (Lipinski definition) is 1. The molecule has 0 aromatic heterocycles. The van der Waals surface area contributed by atoms with Gasteiger partial charge in [0.05, 0.1) is 5.57 Å². The van der Waals surface area contributed by atoms with Crippen molar-refractivity contribution in [1.82, 2.24) is 0 Å². The number of fused-ring (bicyclic) bond motifs is 2. The van der Waals surface area contributed by atoms with Crippen molar-refractivity contribution in [3.63, 3.8) is 0 Å². The summed E-state index contributed by atoms with van der Waals surface area (Å²) >= 11 is 0. The van der Waals surface area contributed by atoms with Gasteiger partial charge in [-0.05, 0) is 16.7 Å². The molecule has 0 radical (unpaired) electrons. The van der Waals surface area contributed by atoms with Crippen LogP contribution in [0, 0.1) is 5.92 Å². The molecule has 0 spiro atoms. The van der Waals surface area contributed by atoms with Gasteiger partial charge in [0.15, 0.2) is 0 Å². The number of primary amides is 1. The van der Waals surface area contributed by atoms with E-state index in [0.29, 0.717) is 5.57 Å². The van der Waals surface area contributed by atoms with Crippen LogP contribution in [0.1, 0.15) is 11.1 Å². The van der Waals surface area contributed by atoms with Crippen LogP contribution in [-0.4, -0.2) is 5.91 Å². The Morgan fingerprint density at radius 3 is 2.72 bits per heavy atom. The van der Waals surface area contributed by atoms with E-state index in [1.807, 2.05) is 42.5 Å². The predicted molar refractivity (Wildman–Crippen MR) is 73.4 cm³/mol. The van der Waals surface area contributed by atoms with Crippen LogP contribution in [0.2, 0.25) is 0 Å². The van der Waals surface area contributed by atoms with Gasteiger partial charge in [-0.1, -0.05) is 60.7 Å². The maximum atomic E-state index is 11.8. The van der Waals surface area contributed by atoms with Crippen molar-refractivity contribution in [3.8, 4) is 0 Å². The van der Waals surface area contributed by atoms with Gasteiger partial charge in [0.1, 0.15) is 0 Å². The average molecular weight is 235 g/mol. The zero-order valence-corrected chi connectivity index (χ0v) is 9.84. The fourth-order valence-electron chi connectivity index (χ4n) is 2.48. The summed E-state index contributed by atoms with van der Waals surface area (Å²) in [6.07, 6.45) is 12.1. The predicted octanol–water partition coefficient (Wildman–Crippen LogP) is 2.69. The molecule has 2 heteroatoms. The molecule has 88 valence electrons. The van der Waals surface area contributed by atoms with Crippen molar-refractivity contribution in [1.29, 1.82) is 0 Å². The zero-order valence-electron chi connectivity index (χ0n) is 9.84. The van der Waals surface area contributed by atoms with Crippen LogP contribution in [0.4, 0.5) is 0 Å². The minimum Gasteiger partial charge on any atom is -0.366 e. The van der Waals surface area contributed by atoms with Gasteiger partial charge in [0.2, 0.25) is 5.91 Å². The Balaban J connectivity index is 2.32. The summed E-state index contributed by atoms with van der Waals surface area (Å²) in [5, 5.41) is 0. The van der Waals surface area contributed by atoms with Gasteiger partial charge in [-0.2, -0.15) is 0 Å². The van der Waals surface area contributed by atoms with E-state index in [0.717, 1.165) is 16.7 Å². The number of carbonyl (C=O) groups excluding carboxylic acids is 1. The van der Waals surface area contributed by atoms with Crippen LogP contribution in [0.15, 0.2) is 60.2 Å². The van der Waals surface area contributed by atoms with Crippen molar-refractivity contribution < 1.29 is 4.79 Å². The van der Waals surface area contributed by atoms with Crippen LogP contribution in [0.5, 0.6) is 0 Å². The Hall–Kier alpha value is -2.35. The van der Waals surface area contributed by atoms with Crippen molar-refractivity contribution in [2.75, 3.05) is 0 Å². The van der Waals surface area contributed by atoms with E-state index in [4.69, 9.17) is 5.73 Å². The molecule has 2 aliphatic carbocycles. The second-order valence-corrected chi connectivity index (χ2v) is 4.41. The van der Waals surface area contributed by atoms with Crippen molar-refractivity contribution in [2.24, 2.45) is 11.7 Å². The third-order valence-corrected chi connectivity index (χ3v) is 3.31. The minimum atomic E-state index is -0.369. The second kappa shape index (κ2) is 4.15. The molecule has 2 aliphatic rings. The monoisotopic (exact) mass is 235 g/mol. The Morgan fingerprint density at radius 2 is 1.89 bits per heavy atom. The SMILES string of the molecule is NC(=O)C1=C2C=CC=CC2C=Cc2ccccc21. The van der Waals surface area contributed by atoms with E-state index >= 15 is 0 Å². The molecule has 1 amide bonds. The molecule has 0 heterocycles. The quantitative estimate of drug-likeness (QED) is 0.799. The highest BCUT2D eigenvalue weighted by molar-refractivity contribution is 6.21. The maximum absolute atomic E-state index is 11.8. The number of carbonyl (C=O) groups is 1. The Labute approximate surface area is 106 Å². The first-order chi connectivity index (χ1) is 8.77. The first-order valence-corrected chi connectivity index (χ1v) is 5.94. The third kappa shape index (κ3) is 1.63. The molecule has 2 nitrogen and oxygen atoms in total. The van der Waals surface area contributed by atoms with Crippen LogP contribution in [0.3, 0.4) is 0 Å². The molecule has 0 bridgehead atoms. The highest BCUT2D eigenvalue weighted by Crippen LogP contribution is 2.34. The summed E-state index contributed by atoms with van der Waals surface area (Å²) in [4.78, 5) is 11.8. The number of hydrogen-bond donors (Lipinski definition) is 1. The van der Waals surface area contributed by atoms with Crippen molar-refractivity contribution >= 4 is 17.6 Å². The molecule has 1 atom stereocenters. The molecule has 18 heavy (non-hydrogen) atoms. The molecule has 0 saturated carbocycles. The van der Waals surface area contributed by atoms with Gasteiger partial charge >= 0.3 is 0 Å². The first-order valence-electron chi connectivity index (χ1n) is 5.94. The number of rotatable bonds is 1. The summed E-state index contributed by atoms with van der Waals surface area (Å²) in [7, 11) is 0. The third-order valence-electron chi connectivity index (χ3n) is 3.31. The number of allylic oxidation sites excluding steroid dienone is 6. The molecule has 1 unspecified atom stereocenters. The molecular formula is C16H13NO. The average Bonchev–Trinajstić information content (AvgIpc) is 2.55. The molecule has 1 aromatic rings. The molecule has 0 saturated heterocycles. The first kappa shape index (κ1) is 10.8. The van der Waals surface area contributed by atoms with E-state index in [-0.39, 0.29) is 11.8 Å². The number of nitrogens with two attached hydrogens (primary N) is 1. The van der Waals surface area contributed by atoms with Gasteiger partial charge in [0.25, 0.3) is 0 Å². The van der Waals surface area contributed by atoms with E-state index in [1.165, 1.54) is 0 Å². The smallest absolute Gasteiger partial charge is 0.249 e. The molecular weight excluding hydrogens is 222 g/mol. The Bertz CT molecular complexity index is 632. The summed E-state index contributed by atoms with van der Waals surface area (Å²) in [5.74, 6) is -0.240. The van der Waals surface area contributed by atoms with Crippen LogP contribution >= 0.6 is 0 Å². The Morgan fingerprint density at radius 1 is 1.06 bits per heavy atom. The van der Waals surface area contributed by atoms with E-state index in [2.05, 4.69) is 18.2 Å². The second-order valence-electron chi connectivity index (χ2n) is 4.41. The number of amides is 1. The van der Waals surface area contributed by atoms with Crippen molar-refractivity contribution in [3.05, 3.63) is 71.3 Å². The van der Waals surface area contributed by atoms with E-state index in [1.54, 1.807) is 0 Å². The lowest BCUT2D eigenvalue weighted by molar-refractivity contribution is -0.112. The summed E-state index contributed by atoms with van der Waals surface area (Å²) in [6.45, 7) is 0. The van der Waals surface area contributed by atoms with Gasteiger partial charge < -0.3 is 5.73 Å².